The average molecular weight is 405 g/mol. The van der Waals surface area contributed by atoms with Crippen molar-refractivity contribution in [2.75, 3.05) is 5.75 Å². The second-order valence-corrected chi connectivity index (χ2v) is 8.39. The number of unbranched alkanes of at least 4 members (excludes halogenated alkanes) is 1. The van der Waals surface area contributed by atoms with E-state index in [9.17, 15) is 4.79 Å². The van der Waals surface area contributed by atoms with Gasteiger partial charge in [-0.3, -0.25) is 13.8 Å². The van der Waals surface area contributed by atoms with E-state index in [1.165, 1.54) is 11.3 Å². The highest BCUT2D eigenvalue weighted by Gasteiger charge is 2.17. The lowest BCUT2D eigenvalue weighted by Gasteiger charge is -2.09. The smallest absolute Gasteiger partial charge is 0.271 e. The second-order valence-electron chi connectivity index (χ2n) is 5.97. The van der Waals surface area contributed by atoms with Gasteiger partial charge in [0.15, 0.2) is 5.16 Å². The van der Waals surface area contributed by atoms with Gasteiger partial charge >= 0.3 is 0 Å². The number of halogens is 1. The summed E-state index contributed by atoms with van der Waals surface area (Å²) in [5.74, 6) is 1.56. The lowest BCUT2D eigenvalue weighted by molar-refractivity contribution is 0.765. The molecule has 0 bridgehead atoms. The molecule has 0 fully saturated rings. The molecule has 134 valence electrons. The van der Waals surface area contributed by atoms with Gasteiger partial charge in [-0.1, -0.05) is 48.8 Å². The van der Waals surface area contributed by atoms with Crippen LogP contribution in [0.15, 0.2) is 45.7 Å². The molecule has 4 aromatic rings. The first-order valence-electron chi connectivity index (χ1n) is 8.41. The lowest BCUT2D eigenvalue weighted by Crippen LogP contribution is -2.23. The summed E-state index contributed by atoms with van der Waals surface area (Å²) in [6.45, 7) is 2.61. The van der Waals surface area contributed by atoms with Crippen LogP contribution in [0, 0.1) is 0 Å². The predicted molar refractivity (Wildman–Crippen MR) is 109 cm³/mol. The van der Waals surface area contributed by atoms with Gasteiger partial charge in [0, 0.05) is 10.8 Å². The van der Waals surface area contributed by atoms with Crippen molar-refractivity contribution >= 4 is 50.7 Å². The van der Waals surface area contributed by atoms with Crippen LogP contribution < -0.4 is 5.56 Å². The van der Waals surface area contributed by atoms with E-state index in [-0.39, 0.29) is 5.56 Å². The Morgan fingerprint density at radius 1 is 1.19 bits per heavy atom. The molecule has 0 saturated heterocycles. The number of hydrogen-bond acceptors (Lipinski definition) is 5. The van der Waals surface area contributed by atoms with Gasteiger partial charge in [-0.25, -0.2) is 0 Å². The molecule has 0 aliphatic heterocycles. The molecule has 0 spiro atoms. The number of thioether (sulfide) groups is 1. The molecule has 0 unspecified atom stereocenters. The van der Waals surface area contributed by atoms with Crippen LogP contribution in [-0.4, -0.2) is 24.9 Å². The SMILES string of the molecule is CCCCSc1nnc2n(Cc3ccc(Cl)cc3)c(=O)c3sccc3n12. The number of fused-ring (bicyclic) bond motifs is 3. The predicted octanol–water partition coefficient (Wildman–Crippen LogP) is 4.70. The van der Waals surface area contributed by atoms with Crippen LogP contribution in [0.4, 0.5) is 0 Å². The molecule has 0 aliphatic carbocycles. The highest BCUT2D eigenvalue weighted by atomic mass is 35.5. The van der Waals surface area contributed by atoms with Crippen LogP contribution in [-0.2, 0) is 6.54 Å². The molecule has 3 aromatic heterocycles. The maximum atomic E-state index is 13.0. The largest absolute Gasteiger partial charge is 0.273 e. The standard InChI is InChI=1S/C18H17ClN4OS2/c1-2-3-9-26-18-21-20-17-22(11-12-4-6-13(19)7-5-12)16(24)15-14(23(17)18)8-10-25-15/h4-8,10H,2-3,9,11H2,1H3. The highest BCUT2D eigenvalue weighted by Crippen LogP contribution is 2.25. The molecule has 5 nitrogen and oxygen atoms in total. The fourth-order valence-electron chi connectivity index (χ4n) is 2.82. The summed E-state index contributed by atoms with van der Waals surface area (Å²) < 4.78 is 4.42. The van der Waals surface area contributed by atoms with Crippen molar-refractivity contribution in [3.63, 3.8) is 0 Å². The molecule has 8 heteroatoms. The van der Waals surface area contributed by atoms with Gasteiger partial charge in [0.05, 0.1) is 12.1 Å². The molecule has 0 amide bonds. The lowest BCUT2D eigenvalue weighted by atomic mass is 10.2. The third-order valence-corrected chi connectivity index (χ3v) is 6.32. The molecule has 0 N–H and O–H groups in total. The first kappa shape index (κ1) is 17.6. The Bertz CT molecular complexity index is 1110. The van der Waals surface area contributed by atoms with Gasteiger partial charge in [-0.2, -0.15) is 0 Å². The Kier molecular flexibility index (Phi) is 5.02. The first-order chi connectivity index (χ1) is 12.7. The van der Waals surface area contributed by atoms with E-state index in [2.05, 4.69) is 17.1 Å². The minimum Gasteiger partial charge on any atom is -0.271 e. The molecule has 0 aliphatic rings. The average Bonchev–Trinajstić information content (AvgIpc) is 3.27. The summed E-state index contributed by atoms with van der Waals surface area (Å²) in [6.07, 6.45) is 2.26. The zero-order valence-electron chi connectivity index (χ0n) is 14.2. The van der Waals surface area contributed by atoms with Gasteiger partial charge < -0.3 is 0 Å². The zero-order valence-corrected chi connectivity index (χ0v) is 16.6. The van der Waals surface area contributed by atoms with E-state index >= 15 is 0 Å². The Balaban J connectivity index is 1.86. The summed E-state index contributed by atoms with van der Waals surface area (Å²) in [5, 5.41) is 12.1. The quantitative estimate of drug-likeness (QED) is 0.345. The maximum absolute atomic E-state index is 13.0. The van der Waals surface area contributed by atoms with E-state index in [0.29, 0.717) is 17.3 Å². The summed E-state index contributed by atoms with van der Waals surface area (Å²) in [7, 11) is 0. The van der Waals surface area contributed by atoms with E-state index in [0.717, 1.165) is 39.5 Å². The third-order valence-electron chi connectivity index (χ3n) is 4.17. The fourth-order valence-corrected chi connectivity index (χ4v) is 4.79. The van der Waals surface area contributed by atoms with Gasteiger partial charge in [-0.15, -0.1) is 21.5 Å². The molecule has 4 rings (SSSR count). The summed E-state index contributed by atoms with van der Waals surface area (Å²) >= 11 is 9.11. The number of aromatic nitrogens is 4. The van der Waals surface area contributed by atoms with E-state index < -0.39 is 0 Å². The summed E-state index contributed by atoms with van der Waals surface area (Å²) in [6, 6.07) is 9.49. The number of benzene rings is 1. The number of nitrogens with zero attached hydrogens (tertiary/aromatic N) is 4. The molecule has 3 heterocycles. The van der Waals surface area contributed by atoms with Crippen molar-refractivity contribution in [1.82, 2.24) is 19.2 Å². The number of rotatable bonds is 6. The van der Waals surface area contributed by atoms with Crippen LogP contribution >= 0.6 is 34.7 Å². The second kappa shape index (κ2) is 7.42. The topological polar surface area (TPSA) is 52.2 Å². The Hall–Kier alpha value is -1.83. The monoisotopic (exact) mass is 404 g/mol. The molecule has 26 heavy (non-hydrogen) atoms. The van der Waals surface area contributed by atoms with Gasteiger partial charge in [0.2, 0.25) is 5.78 Å². The van der Waals surface area contributed by atoms with Crippen LogP contribution in [0.1, 0.15) is 25.3 Å². The number of thiophene rings is 1. The maximum Gasteiger partial charge on any atom is 0.273 e. The zero-order chi connectivity index (χ0) is 18.1. The molecule has 0 radical (unpaired) electrons. The van der Waals surface area contributed by atoms with E-state index in [1.807, 2.05) is 40.1 Å². The molecule has 0 atom stereocenters. The van der Waals surface area contributed by atoms with Crippen molar-refractivity contribution in [2.24, 2.45) is 0 Å². The molecule has 1 aromatic carbocycles. The molecular weight excluding hydrogens is 388 g/mol. The fraction of sp³-hybridized carbons (Fsp3) is 0.278. The van der Waals surface area contributed by atoms with Crippen molar-refractivity contribution in [3.05, 3.63) is 56.7 Å². The van der Waals surface area contributed by atoms with Crippen molar-refractivity contribution in [2.45, 2.75) is 31.5 Å². The van der Waals surface area contributed by atoms with Crippen molar-refractivity contribution in [3.8, 4) is 0 Å². The van der Waals surface area contributed by atoms with E-state index in [1.54, 1.807) is 16.3 Å². The van der Waals surface area contributed by atoms with Gasteiger partial charge in [0.25, 0.3) is 5.56 Å². The Morgan fingerprint density at radius 2 is 2.00 bits per heavy atom. The Labute approximate surface area is 163 Å². The van der Waals surface area contributed by atoms with Gasteiger partial charge in [-0.05, 0) is 35.6 Å². The van der Waals surface area contributed by atoms with Crippen LogP contribution in [0.3, 0.4) is 0 Å². The van der Waals surface area contributed by atoms with Crippen LogP contribution in [0.5, 0.6) is 0 Å². The molecular formula is C18H17ClN4OS2. The van der Waals surface area contributed by atoms with Gasteiger partial charge in [0.1, 0.15) is 4.70 Å². The minimum absolute atomic E-state index is 0.0324. The van der Waals surface area contributed by atoms with Crippen LogP contribution in [0.25, 0.3) is 16.0 Å². The normalized spacial score (nSPS) is 11.6. The third kappa shape index (κ3) is 3.15. The summed E-state index contributed by atoms with van der Waals surface area (Å²) in [5.41, 5.74) is 1.85. The minimum atomic E-state index is -0.0324. The highest BCUT2D eigenvalue weighted by molar-refractivity contribution is 7.99. The van der Waals surface area contributed by atoms with Crippen molar-refractivity contribution in [1.29, 1.82) is 0 Å². The Morgan fingerprint density at radius 3 is 2.77 bits per heavy atom. The number of hydrogen-bond donors (Lipinski definition) is 0. The van der Waals surface area contributed by atoms with Crippen LogP contribution in [0.2, 0.25) is 5.02 Å². The van der Waals surface area contributed by atoms with Crippen molar-refractivity contribution < 1.29 is 0 Å². The van der Waals surface area contributed by atoms with E-state index in [4.69, 9.17) is 11.6 Å². The summed E-state index contributed by atoms with van der Waals surface area (Å²) in [4.78, 5) is 13.0. The first-order valence-corrected chi connectivity index (χ1v) is 10.7. The molecule has 0 saturated carbocycles.